The topological polar surface area (TPSA) is 75.3 Å². The number of carbonyl (C=O) groups excluding carboxylic acids is 1. The van der Waals surface area contributed by atoms with Gasteiger partial charge < -0.3 is 16.2 Å². The van der Waals surface area contributed by atoms with Gasteiger partial charge in [0.1, 0.15) is 0 Å². The lowest BCUT2D eigenvalue weighted by Crippen LogP contribution is -2.38. The monoisotopic (exact) mass is 250 g/mol. The van der Waals surface area contributed by atoms with E-state index in [1.54, 1.807) is 0 Å². The Labute approximate surface area is 108 Å². The lowest BCUT2D eigenvalue weighted by Gasteiger charge is -2.19. The number of hydrogen-bond acceptors (Lipinski definition) is 3. The van der Waals surface area contributed by atoms with Crippen LogP contribution in [0.2, 0.25) is 0 Å². The van der Waals surface area contributed by atoms with Crippen molar-refractivity contribution in [3.8, 4) is 0 Å². The van der Waals surface area contributed by atoms with Crippen LogP contribution in [0.3, 0.4) is 0 Å². The second-order valence-corrected chi connectivity index (χ2v) is 4.76. The number of nitrogens with one attached hydrogen (secondary N) is 1. The molecule has 0 fully saturated rings. The van der Waals surface area contributed by atoms with Crippen molar-refractivity contribution in [2.45, 2.75) is 32.7 Å². The van der Waals surface area contributed by atoms with Crippen LogP contribution in [-0.2, 0) is 11.2 Å². The first kappa shape index (κ1) is 14.5. The van der Waals surface area contributed by atoms with Crippen LogP contribution in [0.1, 0.15) is 25.8 Å². The molecule has 0 heterocycles. The number of benzene rings is 1. The van der Waals surface area contributed by atoms with Gasteiger partial charge in [0.25, 0.3) is 0 Å². The van der Waals surface area contributed by atoms with Crippen LogP contribution in [0.15, 0.2) is 24.3 Å². The summed E-state index contributed by atoms with van der Waals surface area (Å²) in [7, 11) is 0. The first-order valence-electron chi connectivity index (χ1n) is 6.27. The van der Waals surface area contributed by atoms with Crippen LogP contribution in [-0.4, -0.2) is 23.7 Å². The lowest BCUT2D eigenvalue weighted by atomic mass is 10.0. The zero-order valence-electron chi connectivity index (χ0n) is 11.0. The van der Waals surface area contributed by atoms with E-state index in [4.69, 9.17) is 10.8 Å². The van der Waals surface area contributed by atoms with Crippen LogP contribution in [0, 0.1) is 5.92 Å². The van der Waals surface area contributed by atoms with Crippen LogP contribution in [0.4, 0.5) is 5.69 Å². The number of anilines is 1. The minimum atomic E-state index is -0.0108. The Bertz CT molecular complexity index is 393. The first-order valence-corrected chi connectivity index (χ1v) is 6.27. The van der Waals surface area contributed by atoms with Gasteiger partial charge in [0.2, 0.25) is 5.91 Å². The highest BCUT2D eigenvalue weighted by molar-refractivity contribution is 5.76. The third-order valence-electron chi connectivity index (χ3n) is 3.12. The van der Waals surface area contributed by atoms with Crippen molar-refractivity contribution in [3.05, 3.63) is 29.8 Å². The number of aryl methyl sites for hydroxylation is 1. The zero-order chi connectivity index (χ0) is 13.5. The fourth-order valence-corrected chi connectivity index (χ4v) is 1.63. The first-order chi connectivity index (χ1) is 8.52. The van der Waals surface area contributed by atoms with Crippen molar-refractivity contribution in [1.82, 2.24) is 5.32 Å². The Kier molecular flexibility index (Phi) is 5.65. The van der Waals surface area contributed by atoms with Crippen LogP contribution >= 0.6 is 0 Å². The Morgan fingerprint density at radius 3 is 2.78 bits per heavy atom. The average Bonchev–Trinajstić information content (AvgIpc) is 2.35. The number of aliphatic hydroxyl groups excluding tert-OH is 1. The van der Waals surface area contributed by atoms with Crippen molar-refractivity contribution >= 4 is 11.6 Å². The molecule has 2 unspecified atom stereocenters. The average molecular weight is 250 g/mol. The Hall–Kier alpha value is -1.55. The summed E-state index contributed by atoms with van der Waals surface area (Å²) in [5.74, 6) is 0.0755. The molecule has 0 saturated carbocycles. The number of carbonyl (C=O) groups is 1. The predicted molar refractivity (Wildman–Crippen MR) is 73.0 cm³/mol. The summed E-state index contributed by atoms with van der Waals surface area (Å²) in [4.78, 5) is 11.7. The number of hydrogen-bond donors (Lipinski definition) is 3. The largest absolute Gasteiger partial charge is 0.399 e. The standard InChI is InChI=1S/C14H22N2O2/c1-10(9-17)11(2)16-14(18)7-6-12-4-3-5-13(15)8-12/h3-5,8,10-11,17H,6-7,9,15H2,1-2H3,(H,16,18). The molecule has 0 radical (unpaired) electrons. The highest BCUT2D eigenvalue weighted by Crippen LogP contribution is 2.09. The van der Waals surface area contributed by atoms with Crippen molar-refractivity contribution in [3.63, 3.8) is 0 Å². The Morgan fingerprint density at radius 1 is 1.44 bits per heavy atom. The van der Waals surface area contributed by atoms with Gasteiger partial charge >= 0.3 is 0 Å². The summed E-state index contributed by atoms with van der Waals surface area (Å²) in [6.45, 7) is 3.89. The lowest BCUT2D eigenvalue weighted by molar-refractivity contribution is -0.122. The van der Waals surface area contributed by atoms with Crippen molar-refractivity contribution in [2.75, 3.05) is 12.3 Å². The number of rotatable bonds is 6. The molecular weight excluding hydrogens is 228 g/mol. The molecule has 4 nitrogen and oxygen atoms in total. The number of aliphatic hydroxyl groups is 1. The maximum atomic E-state index is 11.7. The maximum absolute atomic E-state index is 11.7. The third kappa shape index (κ3) is 4.75. The van der Waals surface area contributed by atoms with Gasteiger partial charge in [0.15, 0.2) is 0 Å². The summed E-state index contributed by atoms with van der Waals surface area (Å²) >= 11 is 0. The fraction of sp³-hybridized carbons (Fsp3) is 0.500. The minimum Gasteiger partial charge on any atom is -0.399 e. The minimum absolute atomic E-state index is 0.00484. The van der Waals surface area contributed by atoms with Crippen LogP contribution in [0.25, 0.3) is 0 Å². The second kappa shape index (κ2) is 7.01. The molecule has 18 heavy (non-hydrogen) atoms. The Balaban J connectivity index is 2.37. The summed E-state index contributed by atoms with van der Waals surface area (Å²) in [5.41, 5.74) is 7.46. The van der Waals surface area contributed by atoms with E-state index in [0.717, 1.165) is 11.3 Å². The quantitative estimate of drug-likeness (QED) is 0.667. The molecule has 1 amide bonds. The normalized spacial score (nSPS) is 13.9. The van der Waals surface area contributed by atoms with E-state index < -0.39 is 0 Å². The molecule has 0 spiro atoms. The molecule has 4 N–H and O–H groups in total. The summed E-state index contributed by atoms with van der Waals surface area (Å²) in [6.07, 6.45) is 1.11. The molecule has 0 aromatic heterocycles. The van der Waals surface area contributed by atoms with Gasteiger partial charge in [-0.15, -0.1) is 0 Å². The van der Waals surface area contributed by atoms with Crippen molar-refractivity contribution < 1.29 is 9.90 Å². The van der Waals surface area contributed by atoms with Gasteiger partial charge in [0.05, 0.1) is 0 Å². The molecule has 0 aliphatic carbocycles. The van der Waals surface area contributed by atoms with Gasteiger partial charge in [-0.25, -0.2) is 0 Å². The smallest absolute Gasteiger partial charge is 0.220 e. The van der Waals surface area contributed by atoms with E-state index in [2.05, 4.69) is 5.32 Å². The SMILES string of the molecule is CC(CO)C(C)NC(=O)CCc1cccc(N)c1. The molecular formula is C14H22N2O2. The van der Waals surface area contributed by atoms with Crippen molar-refractivity contribution in [1.29, 1.82) is 0 Å². The van der Waals surface area contributed by atoms with E-state index in [9.17, 15) is 4.79 Å². The molecule has 0 aliphatic rings. The molecule has 4 heteroatoms. The molecule has 100 valence electrons. The van der Waals surface area contributed by atoms with Gasteiger partial charge in [-0.3, -0.25) is 4.79 Å². The van der Waals surface area contributed by atoms with Gasteiger partial charge in [0, 0.05) is 24.8 Å². The van der Waals surface area contributed by atoms with Gasteiger partial charge in [-0.1, -0.05) is 19.1 Å². The molecule has 2 atom stereocenters. The van der Waals surface area contributed by atoms with E-state index in [1.807, 2.05) is 38.1 Å². The predicted octanol–water partition coefficient (Wildman–Crippen LogP) is 1.33. The van der Waals surface area contributed by atoms with Crippen LogP contribution in [0.5, 0.6) is 0 Å². The molecule has 0 saturated heterocycles. The van der Waals surface area contributed by atoms with Crippen molar-refractivity contribution in [2.24, 2.45) is 5.92 Å². The van der Waals surface area contributed by atoms with E-state index >= 15 is 0 Å². The van der Waals surface area contributed by atoms with Crippen LogP contribution < -0.4 is 11.1 Å². The molecule has 0 aliphatic heterocycles. The van der Waals surface area contributed by atoms with E-state index in [0.29, 0.717) is 12.8 Å². The maximum Gasteiger partial charge on any atom is 0.220 e. The van der Waals surface area contributed by atoms with E-state index in [-0.39, 0.29) is 24.5 Å². The number of nitrogens with two attached hydrogens (primary N) is 1. The highest BCUT2D eigenvalue weighted by Gasteiger charge is 2.13. The third-order valence-corrected chi connectivity index (χ3v) is 3.12. The second-order valence-electron chi connectivity index (χ2n) is 4.76. The highest BCUT2D eigenvalue weighted by atomic mass is 16.3. The van der Waals surface area contributed by atoms with Gasteiger partial charge in [-0.05, 0) is 37.0 Å². The summed E-state index contributed by atoms with van der Waals surface area (Å²) < 4.78 is 0. The fourth-order valence-electron chi connectivity index (χ4n) is 1.63. The van der Waals surface area contributed by atoms with Gasteiger partial charge in [-0.2, -0.15) is 0 Å². The molecule has 0 bridgehead atoms. The molecule has 1 rings (SSSR count). The molecule has 1 aromatic carbocycles. The summed E-state index contributed by atoms with van der Waals surface area (Å²) in [5, 5.41) is 11.9. The number of nitrogen functional groups attached to an aromatic ring is 1. The van der Waals surface area contributed by atoms with E-state index in [1.165, 1.54) is 0 Å². The zero-order valence-corrected chi connectivity index (χ0v) is 11.0. The number of amides is 1. The Morgan fingerprint density at radius 2 is 2.17 bits per heavy atom. The molecule has 1 aromatic rings. The summed E-state index contributed by atoms with van der Waals surface area (Å²) in [6, 6.07) is 7.55.